The van der Waals surface area contributed by atoms with E-state index in [1.54, 1.807) is 25.1 Å². The van der Waals surface area contributed by atoms with E-state index in [2.05, 4.69) is 31.4 Å². The smallest absolute Gasteiger partial charge is 0.335 e. The molecule has 0 aliphatic rings. The summed E-state index contributed by atoms with van der Waals surface area (Å²) < 4.78 is 1.83. The lowest BCUT2D eigenvalue weighted by Gasteiger charge is -2.14. The van der Waals surface area contributed by atoms with E-state index in [4.69, 9.17) is 0 Å². The number of aromatic nitrogens is 2. The number of carbonyl (C=O) groups excluding carboxylic acids is 1. The van der Waals surface area contributed by atoms with Crippen LogP contribution in [0.25, 0.3) is 11.8 Å². The van der Waals surface area contributed by atoms with Crippen LogP contribution < -0.4 is 16.7 Å². The van der Waals surface area contributed by atoms with Crippen LogP contribution >= 0.6 is 15.9 Å². The summed E-state index contributed by atoms with van der Waals surface area (Å²) in [5.74, 6) is -1.11. The zero-order valence-electron chi connectivity index (χ0n) is 16.7. The van der Waals surface area contributed by atoms with Crippen LogP contribution in [0.2, 0.25) is 0 Å². The number of aromatic hydroxyl groups is 1. The van der Waals surface area contributed by atoms with Gasteiger partial charge in [-0.05, 0) is 48.7 Å². The van der Waals surface area contributed by atoms with E-state index in [1.807, 2.05) is 37.3 Å². The van der Waals surface area contributed by atoms with Crippen molar-refractivity contribution in [3.8, 4) is 11.6 Å². The Morgan fingerprint density at radius 1 is 1.13 bits per heavy atom. The SMILES string of the molecule is Cc1c(Br)ccc(-n2c(O)c(C=NNC(=O)/C=C/c3ccccc3)c(=O)[nH]c2=O)c1C. The summed E-state index contributed by atoms with van der Waals surface area (Å²) in [6.45, 7) is 3.65. The highest BCUT2D eigenvalue weighted by Crippen LogP contribution is 2.26. The number of amides is 1. The minimum atomic E-state index is -0.830. The van der Waals surface area contributed by atoms with Crippen molar-refractivity contribution in [2.24, 2.45) is 5.10 Å². The van der Waals surface area contributed by atoms with E-state index in [-0.39, 0.29) is 5.56 Å². The molecular weight excluding hydrogens is 464 g/mol. The molecule has 1 heterocycles. The highest BCUT2D eigenvalue weighted by molar-refractivity contribution is 9.10. The monoisotopic (exact) mass is 482 g/mol. The zero-order chi connectivity index (χ0) is 22.5. The van der Waals surface area contributed by atoms with Gasteiger partial charge in [0.1, 0.15) is 5.56 Å². The second kappa shape index (κ2) is 9.40. The quantitative estimate of drug-likeness (QED) is 0.294. The normalized spacial score (nSPS) is 11.3. The first-order valence-electron chi connectivity index (χ1n) is 9.20. The predicted octanol–water partition coefficient (Wildman–Crippen LogP) is 2.77. The molecular formula is C22H19BrN4O4. The standard InChI is InChI=1S/C22H19BrN4O4/c1-13-14(2)18(10-9-17(13)23)27-21(30)16(20(29)25-22(27)31)12-24-26-19(28)11-8-15-6-4-3-5-7-15/h3-12,30H,1-2H3,(H,26,28)(H,25,29,31)/b11-8+,24-12?. The van der Waals surface area contributed by atoms with Gasteiger partial charge in [0.15, 0.2) is 0 Å². The Hall–Kier alpha value is -3.72. The van der Waals surface area contributed by atoms with Crippen molar-refractivity contribution in [2.75, 3.05) is 0 Å². The van der Waals surface area contributed by atoms with Crippen LogP contribution in [0.5, 0.6) is 5.88 Å². The molecule has 0 fully saturated rings. The summed E-state index contributed by atoms with van der Waals surface area (Å²) in [6, 6.07) is 12.6. The second-order valence-corrected chi connectivity index (χ2v) is 7.48. The van der Waals surface area contributed by atoms with Gasteiger partial charge in [-0.3, -0.25) is 14.6 Å². The van der Waals surface area contributed by atoms with Crippen LogP contribution in [0.4, 0.5) is 0 Å². The molecule has 0 spiro atoms. The molecule has 3 aromatic rings. The van der Waals surface area contributed by atoms with Crippen molar-refractivity contribution in [3.05, 3.63) is 96.1 Å². The third-order valence-electron chi connectivity index (χ3n) is 4.65. The van der Waals surface area contributed by atoms with Gasteiger partial charge in [0, 0.05) is 10.5 Å². The number of benzene rings is 2. The Kier molecular flexibility index (Phi) is 6.66. The number of rotatable bonds is 5. The molecule has 8 nitrogen and oxygen atoms in total. The fourth-order valence-electron chi connectivity index (χ4n) is 2.83. The van der Waals surface area contributed by atoms with Crippen molar-refractivity contribution in [2.45, 2.75) is 13.8 Å². The van der Waals surface area contributed by atoms with Crippen LogP contribution in [0.1, 0.15) is 22.3 Å². The first-order valence-corrected chi connectivity index (χ1v) is 9.99. The third kappa shape index (κ3) is 4.89. The van der Waals surface area contributed by atoms with Gasteiger partial charge < -0.3 is 5.11 Å². The number of hydrogen-bond donors (Lipinski definition) is 3. The molecule has 1 amide bonds. The van der Waals surface area contributed by atoms with Gasteiger partial charge in [0.25, 0.3) is 11.5 Å². The Balaban J connectivity index is 1.89. The molecule has 1 aromatic heterocycles. The van der Waals surface area contributed by atoms with Crippen LogP contribution in [0.15, 0.2) is 67.7 Å². The molecule has 3 N–H and O–H groups in total. The molecule has 0 bridgehead atoms. The summed E-state index contributed by atoms with van der Waals surface area (Å²) in [6.07, 6.45) is 3.87. The van der Waals surface area contributed by atoms with Crippen molar-refractivity contribution in [3.63, 3.8) is 0 Å². The molecule has 9 heteroatoms. The molecule has 0 saturated carbocycles. The summed E-state index contributed by atoms with van der Waals surface area (Å²) in [4.78, 5) is 38.6. The average Bonchev–Trinajstić information content (AvgIpc) is 2.75. The number of hydrazone groups is 1. The van der Waals surface area contributed by atoms with Crippen LogP contribution in [0.3, 0.4) is 0 Å². The third-order valence-corrected chi connectivity index (χ3v) is 5.51. The number of halogens is 1. The van der Waals surface area contributed by atoms with Crippen molar-refractivity contribution < 1.29 is 9.90 Å². The highest BCUT2D eigenvalue weighted by atomic mass is 79.9. The second-order valence-electron chi connectivity index (χ2n) is 6.63. The number of H-pyrrole nitrogens is 1. The maximum absolute atomic E-state index is 12.4. The van der Waals surface area contributed by atoms with Gasteiger partial charge in [-0.2, -0.15) is 5.10 Å². The topological polar surface area (TPSA) is 117 Å². The van der Waals surface area contributed by atoms with Crippen molar-refractivity contribution in [1.82, 2.24) is 15.0 Å². The van der Waals surface area contributed by atoms with E-state index in [0.29, 0.717) is 5.69 Å². The van der Waals surface area contributed by atoms with Gasteiger partial charge in [-0.1, -0.05) is 46.3 Å². The van der Waals surface area contributed by atoms with Crippen LogP contribution in [-0.2, 0) is 4.79 Å². The average molecular weight is 483 g/mol. The number of nitrogens with one attached hydrogen (secondary N) is 2. The van der Waals surface area contributed by atoms with E-state index in [9.17, 15) is 19.5 Å². The van der Waals surface area contributed by atoms with Crippen LogP contribution in [0, 0.1) is 13.8 Å². The van der Waals surface area contributed by atoms with E-state index >= 15 is 0 Å². The van der Waals surface area contributed by atoms with Crippen molar-refractivity contribution >= 4 is 34.1 Å². The minimum Gasteiger partial charge on any atom is -0.493 e. The summed E-state index contributed by atoms with van der Waals surface area (Å²) in [5.41, 5.74) is 3.21. The maximum Gasteiger partial charge on any atom is 0.335 e. The number of carbonyl (C=O) groups is 1. The van der Waals surface area contributed by atoms with E-state index in [0.717, 1.165) is 31.9 Å². The molecule has 0 radical (unpaired) electrons. The summed E-state index contributed by atoms with van der Waals surface area (Å²) in [7, 11) is 0. The fourth-order valence-corrected chi connectivity index (χ4v) is 3.26. The van der Waals surface area contributed by atoms with Gasteiger partial charge in [-0.15, -0.1) is 0 Å². The van der Waals surface area contributed by atoms with Gasteiger partial charge in [0.05, 0.1) is 11.9 Å². The van der Waals surface area contributed by atoms with E-state index in [1.165, 1.54) is 6.08 Å². The fraction of sp³-hybridized carbons (Fsp3) is 0.0909. The summed E-state index contributed by atoms with van der Waals surface area (Å²) >= 11 is 3.42. The molecule has 31 heavy (non-hydrogen) atoms. The predicted molar refractivity (Wildman–Crippen MR) is 123 cm³/mol. The molecule has 3 rings (SSSR count). The Labute approximate surface area is 185 Å². The molecule has 158 valence electrons. The lowest BCUT2D eigenvalue weighted by molar-refractivity contribution is -0.116. The lowest BCUT2D eigenvalue weighted by atomic mass is 10.1. The Bertz CT molecular complexity index is 1310. The molecule has 0 aliphatic carbocycles. The molecule has 2 aromatic carbocycles. The van der Waals surface area contributed by atoms with Gasteiger partial charge in [-0.25, -0.2) is 14.8 Å². The first-order chi connectivity index (χ1) is 14.8. The largest absolute Gasteiger partial charge is 0.493 e. The number of nitrogens with zero attached hydrogens (tertiary/aromatic N) is 2. The van der Waals surface area contributed by atoms with E-state index < -0.39 is 23.0 Å². The molecule has 0 saturated heterocycles. The molecule has 0 unspecified atom stereocenters. The zero-order valence-corrected chi connectivity index (χ0v) is 18.3. The van der Waals surface area contributed by atoms with Gasteiger partial charge in [0.2, 0.25) is 5.88 Å². The number of hydrogen-bond acceptors (Lipinski definition) is 5. The highest BCUT2D eigenvalue weighted by Gasteiger charge is 2.17. The Morgan fingerprint density at radius 2 is 1.84 bits per heavy atom. The van der Waals surface area contributed by atoms with Crippen molar-refractivity contribution in [1.29, 1.82) is 0 Å². The molecule has 0 aliphatic heterocycles. The minimum absolute atomic E-state index is 0.271. The maximum atomic E-state index is 12.4. The van der Waals surface area contributed by atoms with Crippen LogP contribution in [-0.4, -0.2) is 26.8 Å². The first kappa shape index (κ1) is 22.0. The lowest BCUT2D eigenvalue weighted by Crippen LogP contribution is -2.32. The number of aromatic amines is 1. The van der Waals surface area contributed by atoms with Gasteiger partial charge >= 0.3 is 5.69 Å². The molecule has 0 atom stereocenters. The summed E-state index contributed by atoms with van der Waals surface area (Å²) in [5, 5.41) is 14.3. The Morgan fingerprint density at radius 3 is 2.55 bits per heavy atom.